The third kappa shape index (κ3) is 4.81. The van der Waals surface area contributed by atoms with E-state index in [1.807, 2.05) is 0 Å². The summed E-state index contributed by atoms with van der Waals surface area (Å²) in [5.74, 6) is 0. The molecule has 2 heteroatoms. The fourth-order valence-corrected chi connectivity index (χ4v) is 3.36. The normalized spacial score (nSPS) is 10.8. The van der Waals surface area contributed by atoms with Crippen LogP contribution in [0.4, 0.5) is 0 Å². The van der Waals surface area contributed by atoms with Crippen LogP contribution in [0.3, 0.4) is 0 Å². The van der Waals surface area contributed by atoms with E-state index >= 15 is 0 Å². The zero-order valence-electron chi connectivity index (χ0n) is 15.0. The molecule has 0 amide bonds. The molecule has 0 unspecified atom stereocenters. The molecular weight excluding hydrogens is 316 g/mol. The summed E-state index contributed by atoms with van der Waals surface area (Å²) in [5.41, 5.74) is 3.86. The van der Waals surface area contributed by atoms with Crippen LogP contribution in [0.1, 0.15) is 35.6 Å². The molecule has 0 aliphatic heterocycles. The molecule has 3 rings (SSSR count). The van der Waals surface area contributed by atoms with E-state index < -0.39 is 0 Å². The minimum atomic E-state index is 0.177. The Morgan fingerprint density at radius 3 is 1.73 bits per heavy atom. The highest BCUT2D eigenvalue weighted by Gasteiger charge is 2.22. The van der Waals surface area contributed by atoms with E-state index in [-0.39, 0.29) is 6.04 Å². The molecule has 0 aliphatic rings. The van der Waals surface area contributed by atoms with Crippen molar-refractivity contribution in [3.63, 3.8) is 0 Å². The van der Waals surface area contributed by atoms with E-state index in [0.29, 0.717) is 6.42 Å². The minimum Gasteiger partial charge on any atom is -0.288 e. The lowest BCUT2D eigenvalue weighted by molar-refractivity contribution is 0.214. The highest BCUT2D eigenvalue weighted by atomic mass is 15.2. The van der Waals surface area contributed by atoms with E-state index in [0.717, 1.165) is 19.5 Å². The number of hydrogen-bond acceptors (Lipinski definition) is 2. The Kier molecular flexibility index (Phi) is 6.59. The molecule has 0 saturated carbocycles. The van der Waals surface area contributed by atoms with Crippen molar-refractivity contribution >= 4 is 0 Å². The van der Waals surface area contributed by atoms with Gasteiger partial charge in [0.05, 0.1) is 12.1 Å². The van der Waals surface area contributed by atoms with Gasteiger partial charge >= 0.3 is 0 Å². The summed E-state index contributed by atoms with van der Waals surface area (Å²) in [4.78, 5) is 2.48. The van der Waals surface area contributed by atoms with Crippen molar-refractivity contribution < 1.29 is 0 Å². The van der Waals surface area contributed by atoms with Crippen molar-refractivity contribution in [2.24, 2.45) is 0 Å². The second kappa shape index (κ2) is 9.56. The Morgan fingerprint density at radius 1 is 0.731 bits per heavy atom. The van der Waals surface area contributed by atoms with E-state index in [1.54, 1.807) is 0 Å². The maximum absolute atomic E-state index is 8.97. The Labute approximate surface area is 156 Å². The van der Waals surface area contributed by atoms with Gasteiger partial charge in [-0.2, -0.15) is 5.26 Å². The van der Waals surface area contributed by atoms with Crippen LogP contribution in [-0.2, 0) is 6.54 Å². The quantitative estimate of drug-likeness (QED) is 0.500. The van der Waals surface area contributed by atoms with Crippen molar-refractivity contribution in [1.29, 1.82) is 5.26 Å². The number of rotatable bonds is 8. The van der Waals surface area contributed by atoms with Gasteiger partial charge in [0.1, 0.15) is 0 Å². The van der Waals surface area contributed by atoms with Gasteiger partial charge in [-0.3, -0.25) is 4.90 Å². The number of nitrogens with zero attached hydrogens (tertiary/aromatic N) is 2. The summed E-state index contributed by atoms with van der Waals surface area (Å²) in [7, 11) is 0. The molecule has 3 aromatic carbocycles. The third-order valence-corrected chi connectivity index (χ3v) is 4.56. The van der Waals surface area contributed by atoms with Crippen molar-refractivity contribution in [1.82, 2.24) is 4.90 Å². The van der Waals surface area contributed by atoms with Crippen molar-refractivity contribution in [2.75, 3.05) is 6.54 Å². The Bertz CT molecular complexity index is 768. The number of benzene rings is 3. The number of hydrogen-bond donors (Lipinski definition) is 0. The zero-order valence-corrected chi connectivity index (χ0v) is 15.0. The first-order chi connectivity index (χ1) is 12.9. The van der Waals surface area contributed by atoms with Gasteiger partial charge in [0.15, 0.2) is 0 Å². The Morgan fingerprint density at radius 2 is 1.23 bits per heavy atom. The van der Waals surface area contributed by atoms with E-state index in [4.69, 9.17) is 5.26 Å². The van der Waals surface area contributed by atoms with Gasteiger partial charge in [-0.25, -0.2) is 0 Å². The molecule has 0 aromatic heterocycles. The second-order valence-electron chi connectivity index (χ2n) is 6.44. The van der Waals surface area contributed by atoms with E-state index in [9.17, 15) is 0 Å². The molecule has 0 N–H and O–H groups in total. The molecule has 0 saturated heterocycles. The Balaban J connectivity index is 1.96. The first-order valence-electron chi connectivity index (χ1n) is 9.13. The molecule has 0 atom stereocenters. The molecule has 0 spiro atoms. The highest BCUT2D eigenvalue weighted by Crippen LogP contribution is 2.30. The van der Waals surface area contributed by atoms with Crippen LogP contribution in [-0.4, -0.2) is 11.4 Å². The van der Waals surface area contributed by atoms with E-state index in [1.165, 1.54) is 16.7 Å². The van der Waals surface area contributed by atoms with Crippen LogP contribution in [0.15, 0.2) is 91.0 Å². The molecule has 2 nitrogen and oxygen atoms in total. The summed E-state index contributed by atoms with van der Waals surface area (Å²) in [5, 5.41) is 8.97. The molecule has 3 aromatic rings. The van der Waals surface area contributed by atoms with Gasteiger partial charge in [-0.1, -0.05) is 91.0 Å². The smallest absolute Gasteiger partial charge is 0.0622 e. The van der Waals surface area contributed by atoms with Gasteiger partial charge in [0.25, 0.3) is 0 Å². The predicted molar refractivity (Wildman–Crippen MR) is 106 cm³/mol. The number of unbranched alkanes of at least 4 members (excludes halogenated alkanes) is 1. The molecular formula is C24H24N2. The predicted octanol–water partition coefficient (Wildman–Crippen LogP) is 5.58. The summed E-state index contributed by atoms with van der Waals surface area (Å²) in [6.07, 6.45) is 1.46. The first kappa shape index (κ1) is 17.9. The van der Waals surface area contributed by atoms with Gasteiger partial charge < -0.3 is 0 Å². The van der Waals surface area contributed by atoms with Gasteiger partial charge in [-0.05, 0) is 23.1 Å². The van der Waals surface area contributed by atoms with Gasteiger partial charge in [0.2, 0.25) is 0 Å². The fraction of sp³-hybridized carbons (Fsp3) is 0.208. The average molecular weight is 340 g/mol. The SMILES string of the molecule is N#CCCCN(Cc1ccccc1)C(c1ccccc1)c1ccccc1. The average Bonchev–Trinajstić information content (AvgIpc) is 2.71. The first-order valence-corrected chi connectivity index (χ1v) is 9.13. The molecule has 0 aliphatic carbocycles. The lowest BCUT2D eigenvalue weighted by atomic mass is 9.96. The summed E-state index contributed by atoms with van der Waals surface area (Å²) in [6.45, 7) is 1.75. The monoisotopic (exact) mass is 340 g/mol. The topological polar surface area (TPSA) is 27.0 Å². The van der Waals surface area contributed by atoms with Crippen molar-refractivity contribution in [3.8, 4) is 6.07 Å². The van der Waals surface area contributed by atoms with Gasteiger partial charge in [0, 0.05) is 19.5 Å². The van der Waals surface area contributed by atoms with Crippen LogP contribution in [0, 0.1) is 11.3 Å². The molecule has 130 valence electrons. The van der Waals surface area contributed by atoms with Crippen LogP contribution in [0.25, 0.3) is 0 Å². The largest absolute Gasteiger partial charge is 0.288 e. The van der Waals surface area contributed by atoms with Gasteiger partial charge in [-0.15, -0.1) is 0 Å². The summed E-state index contributed by atoms with van der Waals surface area (Å²) < 4.78 is 0. The van der Waals surface area contributed by atoms with Crippen LogP contribution in [0.5, 0.6) is 0 Å². The van der Waals surface area contributed by atoms with Crippen LogP contribution >= 0.6 is 0 Å². The van der Waals surface area contributed by atoms with Crippen molar-refractivity contribution in [2.45, 2.75) is 25.4 Å². The zero-order chi connectivity index (χ0) is 18.0. The molecule has 0 fully saturated rings. The summed E-state index contributed by atoms with van der Waals surface area (Å²) >= 11 is 0. The lowest BCUT2D eigenvalue weighted by Gasteiger charge is -2.32. The van der Waals surface area contributed by atoms with Crippen LogP contribution in [0.2, 0.25) is 0 Å². The fourth-order valence-electron chi connectivity index (χ4n) is 3.36. The number of nitriles is 1. The standard InChI is InChI=1S/C24H24N2/c25-18-10-11-19-26(20-21-12-4-1-5-13-21)24(22-14-6-2-7-15-22)23-16-8-3-9-17-23/h1-9,12-17,24H,10-11,19-20H2. The van der Waals surface area contributed by atoms with E-state index in [2.05, 4.69) is 102 Å². The second-order valence-corrected chi connectivity index (χ2v) is 6.44. The molecule has 0 heterocycles. The molecule has 0 bridgehead atoms. The lowest BCUT2D eigenvalue weighted by Crippen LogP contribution is -2.30. The molecule has 0 radical (unpaired) electrons. The maximum Gasteiger partial charge on any atom is 0.0622 e. The van der Waals surface area contributed by atoms with Crippen LogP contribution < -0.4 is 0 Å². The Hall–Kier alpha value is -2.89. The third-order valence-electron chi connectivity index (χ3n) is 4.56. The summed E-state index contributed by atoms with van der Waals surface area (Å²) in [6, 6.07) is 34.3. The van der Waals surface area contributed by atoms with Crippen molar-refractivity contribution in [3.05, 3.63) is 108 Å². The minimum absolute atomic E-state index is 0.177. The maximum atomic E-state index is 8.97. The highest BCUT2D eigenvalue weighted by molar-refractivity contribution is 5.32. The molecule has 26 heavy (non-hydrogen) atoms.